The van der Waals surface area contributed by atoms with E-state index in [-0.39, 0.29) is 30.2 Å². The predicted molar refractivity (Wildman–Crippen MR) is 149 cm³/mol. The van der Waals surface area contributed by atoms with E-state index in [2.05, 4.69) is 10.2 Å². The minimum absolute atomic E-state index is 0.0443. The van der Waals surface area contributed by atoms with Crippen molar-refractivity contribution >= 4 is 41.1 Å². The second-order valence-corrected chi connectivity index (χ2v) is 9.37. The first-order valence-electron chi connectivity index (χ1n) is 13.0. The highest BCUT2D eigenvalue weighted by Crippen LogP contribution is 2.28. The molecule has 2 aromatic carbocycles. The van der Waals surface area contributed by atoms with Gasteiger partial charge >= 0.3 is 12.1 Å². The Kier molecular flexibility index (Phi) is 10.5. The van der Waals surface area contributed by atoms with Crippen molar-refractivity contribution < 1.29 is 33.8 Å². The van der Waals surface area contributed by atoms with Crippen molar-refractivity contribution in [3.63, 3.8) is 0 Å². The fourth-order valence-electron chi connectivity index (χ4n) is 4.43. The van der Waals surface area contributed by atoms with Gasteiger partial charge in [-0.2, -0.15) is 0 Å². The Morgan fingerprint density at radius 1 is 1.05 bits per heavy atom. The minimum Gasteiger partial charge on any atom is -0.481 e. The van der Waals surface area contributed by atoms with Crippen LogP contribution in [0.4, 0.5) is 16.2 Å². The summed E-state index contributed by atoms with van der Waals surface area (Å²) in [6.45, 7) is 5.36. The van der Waals surface area contributed by atoms with E-state index < -0.39 is 18.2 Å². The van der Waals surface area contributed by atoms with Crippen molar-refractivity contribution in [2.45, 2.75) is 32.8 Å². The number of hydrogen-bond acceptors (Lipinski definition) is 8. The van der Waals surface area contributed by atoms with Gasteiger partial charge in [0.1, 0.15) is 11.9 Å². The van der Waals surface area contributed by atoms with Gasteiger partial charge in [-0.25, -0.2) is 4.79 Å². The molecule has 40 heavy (non-hydrogen) atoms. The predicted octanol–water partition coefficient (Wildman–Crippen LogP) is 2.60. The summed E-state index contributed by atoms with van der Waals surface area (Å²) >= 11 is 0. The maximum atomic E-state index is 12.4. The van der Waals surface area contributed by atoms with Crippen LogP contribution < -0.4 is 20.9 Å². The Morgan fingerprint density at radius 2 is 1.60 bits per heavy atom. The fourth-order valence-corrected chi connectivity index (χ4v) is 4.43. The van der Waals surface area contributed by atoms with Crippen molar-refractivity contribution in [1.29, 1.82) is 5.41 Å². The zero-order valence-electron chi connectivity index (χ0n) is 22.6. The SMILES string of the molecule is CC(=O)O.CCOC(=O)C1CCN(c2ccc(N3C[C@H](CNC(=O)c4ccc(C(=N)N)cc4)OC3=O)cc2)CC1. The van der Waals surface area contributed by atoms with E-state index in [1.165, 1.54) is 0 Å². The van der Waals surface area contributed by atoms with Crippen LogP contribution in [0.1, 0.15) is 42.6 Å². The molecule has 0 bridgehead atoms. The summed E-state index contributed by atoms with van der Waals surface area (Å²) in [5.74, 6) is -1.35. The van der Waals surface area contributed by atoms with Gasteiger partial charge in [0.05, 0.1) is 25.6 Å². The number of nitrogens with two attached hydrogens (primary N) is 1. The molecule has 12 nitrogen and oxygen atoms in total. The topological polar surface area (TPSA) is 175 Å². The minimum atomic E-state index is -0.833. The summed E-state index contributed by atoms with van der Waals surface area (Å²) in [5, 5.41) is 17.6. The van der Waals surface area contributed by atoms with Gasteiger partial charge in [-0.1, -0.05) is 12.1 Å². The molecular formula is C28H35N5O7. The van der Waals surface area contributed by atoms with E-state index >= 15 is 0 Å². The van der Waals surface area contributed by atoms with E-state index in [1.54, 1.807) is 29.2 Å². The van der Waals surface area contributed by atoms with Crippen LogP contribution in [0.15, 0.2) is 48.5 Å². The molecule has 5 N–H and O–H groups in total. The van der Waals surface area contributed by atoms with Crippen molar-refractivity contribution in [2.75, 3.05) is 42.6 Å². The van der Waals surface area contributed by atoms with Gasteiger partial charge in [0, 0.05) is 42.5 Å². The molecule has 214 valence electrons. The lowest BCUT2D eigenvalue weighted by atomic mass is 9.96. The van der Waals surface area contributed by atoms with E-state index in [0.717, 1.165) is 44.2 Å². The van der Waals surface area contributed by atoms with Gasteiger partial charge < -0.3 is 30.5 Å². The summed E-state index contributed by atoms with van der Waals surface area (Å²) in [7, 11) is 0. The molecule has 2 aliphatic rings. The number of benzene rings is 2. The summed E-state index contributed by atoms with van der Waals surface area (Å²) in [6.07, 6.45) is 0.586. The summed E-state index contributed by atoms with van der Waals surface area (Å²) in [5.41, 5.74) is 8.17. The molecule has 2 fully saturated rings. The van der Waals surface area contributed by atoms with Crippen LogP contribution in [-0.4, -0.2) is 73.8 Å². The van der Waals surface area contributed by atoms with Crippen molar-refractivity contribution in [3.05, 3.63) is 59.7 Å². The molecule has 2 aromatic rings. The molecule has 0 saturated carbocycles. The lowest BCUT2D eigenvalue weighted by molar-refractivity contribution is -0.148. The normalized spacial score (nSPS) is 16.9. The van der Waals surface area contributed by atoms with E-state index in [9.17, 15) is 14.4 Å². The fraction of sp³-hybridized carbons (Fsp3) is 0.393. The monoisotopic (exact) mass is 553 g/mol. The first-order valence-corrected chi connectivity index (χ1v) is 13.0. The maximum absolute atomic E-state index is 12.4. The number of piperidine rings is 1. The number of amides is 2. The largest absolute Gasteiger partial charge is 0.481 e. The Hall–Kier alpha value is -4.61. The Labute approximate surface area is 232 Å². The van der Waals surface area contributed by atoms with Crippen LogP contribution in [0.5, 0.6) is 0 Å². The van der Waals surface area contributed by atoms with Crippen LogP contribution >= 0.6 is 0 Å². The van der Waals surface area contributed by atoms with Crippen LogP contribution in [0.25, 0.3) is 0 Å². The lowest BCUT2D eigenvalue weighted by Gasteiger charge is -2.32. The van der Waals surface area contributed by atoms with Gasteiger partial charge in [-0.15, -0.1) is 0 Å². The average Bonchev–Trinajstić information content (AvgIpc) is 3.32. The standard InChI is InChI=1S/C26H31N5O5.C2H4O2/c1-2-35-25(33)19-11-13-30(14-12-19)20-7-9-21(10-8-20)31-16-22(36-26(31)34)15-29-24(32)18-5-3-17(4-6-18)23(27)28;1-2(3)4/h3-10,19,22H,2,11-16H2,1H3,(H3,27,28)(H,29,32);1H3,(H,3,4)/t22-;/m0./s1. The smallest absolute Gasteiger partial charge is 0.414 e. The first-order chi connectivity index (χ1) is 19.1. The first kappa shape index (κ1) is 29.9. The summed E-state index contributed by atoms with van der Waals surface area (Å²) in [6, 6.07) is 14.1. The molecule has 1 atom stereocenters. The number of cyclic esters (lactones) is 1. The molecule has 0 spiro atoms. The highest BCUT2D eigenvalue weighted by molar-refractivity contribution is 5.98. The number of anilines is 2. The van der Waals surface area contributed by atoms with Crippen molar-refractivity contribution in [1.82, 2.24) is 5.32 Å². The Morgan fingerprint density at radius 3 is 2.15 bits per heavy atom. The molecule has 2 saturated heterocycles. The van der Waals surface area contributed by atoms with Gasteiger partial charge in [0.25, 0.3) is 11.9 Å². The third-order valence-electron chi connectivity index (χ3n) is 6.46. The molecule has 2 aliphatic heterocycles. The third-order valence-corrected chi connectivity index (χ3v) is 6.46. The van der Waals surface area contributed by atoms with Crippen LogP contribution in [0, 0.1) is 11.3 Å². The molecule has 0 aromatic heterocycles. The molecular weight excluding hydrogens is 518 g/mol. The molecule has 0 radical (unpaired) electrons. The van der Waals surface area contributed by atoms with E-state index in [0.29, 0.717) is 24.3 Å². The molecule has 2 amide bonds. The van der Waals surface area contributed by atoms with Crippen LogP contribution in [0.2, 0.25) is 0 Å². The van der Waals surface area contributed by atoms with Gasteiger partial charge in [-0.3, -0.25) is 24.7 Å². The summed E-state index contributed by atoms with van der Waals surface area (Å²) in [4.78, 5) is 49.6. The van der Waals surface area contributed by atoms with Crippen LogP contribution in [0.3, 0.4) is 0 Å². The number of nitrogens with zero attached hydrogens (tertiary/aromatic N) is 2. The van der Waals surface area contributed by atoms with Crippen molar-refractivity contribution in [3.8, 4) is 0 Å². The second-order valence-electron chi connectivity index (χ2n) is 9.37. The number of carboxylic acids is 1. The highest BCUT2D eigenvalue weighted by Gasteiger charge is 2.33. The number of amidine groups is 1. The number of carboxylic acid groups (broad SMARTS) is 1. The highest BCUT2D eigenvalue weighted by atomic mass is 16.6. The number of hydrogen-bond donors (Lipinski definition) is 4. The van der Waals surface area contributed by atoms with Crippen molar-refractivity contribution in [2.24, 2.45) is 11.7 Å². The quantitative estimate of drug-likeness (QED) is 0.217. The van der Waals surface area contributed by atoms with Gasteiger partial charge in [0.15, 0.2) is 0 Å². The van der Waals surface area contributed by atoms with E-state index in [4.69, 9.17) is 30.5 Å². The number of aliphatic carboxylic acids is 1. The average molecular weight is 554 g/mol. The number of carbonyl (C=O) groups excluding carboxylic acids is 3. The molecule has 0 unspecified atom stereocenters. The van der Waals surface area contributed by atoms with Gasteiger partial charge in [-0.05, 0) is 56.2 Å². The third kappa shape index (κ3) is 8.19. The second kappa shape index (κ2) is 14.0. The maximum Gasteiger partial charge on any atom is 0.414 e. The van der Waals surface area contributed by atoms with Gasteiger partial charge in [0.2, 0.25) is 0 Å². The zero-order valence-corrected chi connectivity index (χ0v) is 22.6. The number of ether oxygens (including phenoxy) is 2. The molecule has 4 rings (SSSR count). The van der Waals surface area contributed by atoms with Crippen LogP contribution in [-0.2, 0) is 19.1 Å². The number of esters is 1. The summed E-state index contributed by atoms with van der Waals surface area (Å²) < 4.78 is 10.6. The molecule has 0 aliphatic carbocycles. The number of nitrogen functional groups attached to an aromatic ring is 1. The lowest BCUT2D eigenvalue weighted by Crippen LogP contribution is -2.37. The Bertz CT molecular complexity index is 1200. The number of carbonyl (C=O) groups is 4. The molecule has 2 heterocycles. The number of rotatable bonds is 8. The Balaban J connectivity index is 0.00000103. The number of nitrogens with one attached hydrogen (secondary N) is 2. The zero-order chi connectivity index (χ0) is 29.2. The van der Waals surface area contributed by atoms with E-state index in [1.807, 2.05) is 31.2 Å². The molecule has 12 heteroatoms.